The Balaban J connectivity index is 1.03. The highest BCUT2D eigenvalue weighted by Gasteiger charge is 2.37. The van der Waals surface area contributed by atoms with E-state index in [9.17, 15) is 0 Å². The van der Waals surface area contributed by atoms with Gasteiger partial charge in [0.25, 0.3) is 0 Å². The quantitative estimate of drug-likeness (QED) is 0.156. The van der Waals surface area contributed by atoms with E-state index in [2.05, 4.69) is 184 Å². The molecule has 0 bridgehead atoms. The highest BCUT2D eigenvalue weighted by atomic mass is 16.3. The van der Waals surface area contributed by atoms with Crippen molar-refractivity contribution < 1.29 is 4.42 Å². The number of hydrogen-bond acceptors (Lipinski definition) is 4. The van der Waals surface area contributed by atoms with E-state index < -0.39 is 0 Å². The van der Waals surface area contributed by atoms with Crippen LogP contribution in [0.25, 0.3) is 116 Å². The van der Waals surface area contributed by atoms with Crippen molar-refractivity contribution in [3.63, 3.8) is 0 Å². The molecule has 0 amide bonds. The molecule has 5 heteroatoms. The minimum atomic E-state index is 0.0664. The van der Waals surface area contributed by atoms with Gasteiger partial charge in [0, 0.05) is 33.0 Å². The largest absolute Gasteiger partial charge is 0.455 e. The number of para-hydroxylation sites is 1. The van der Waals surface area contributed by atoms with E-state index >= 15 is 0 Å². The van der Waals surface area contributed by atoms with Crippen LogP contribution in [0.3, 0.4) is 0 Å². The average molecular weight is 863 g/mol. The summed E-state index contributed by atoms with van der Waals surface area (Å²) in [7, 11) is 0. The van der Waals surface area contributed by atoms with Crippen molar-refractivity contribution in [3.8, 4) is 67.5 Å². The van der Waals surface area contributed by atoms with Crippen LogP contribution in [0.2, 0.25) is 0 Å². The van der Waals surface area contributed by atoms with Crippen LogP contribution in [0.4, 0.5) is 5.69 Å². The van der Waals surface area contributed by atoms with Crippen molar-refractivity contribution in [3.05, 3.63) is 205 Å². The molecule has 0 radical (unpaired) electrons. The summed E-state index contributed by atoms with van der Waals surface area (Å²) in [6.07, 6.45) is 2.32. The summed E-state index contributed by atoms with van der Waals surface area (Å²) in [6, 6.07) is 63.9. The number of hydrogen-bond donors (Lipinski definition) is 0. The lowest BCUT2D eigenvalue weighted by Gasteiger charge is -2.42. The lowest BCUT2D eigenvalue weighted by Crippen LogP contribution is -2.33. The molecule has 1 aliphatic rings. The molecule has 0 atom stereocenters. The minimum Gasteiger partial charge on any atom is -0.455 e. The Morgan fingerprint density at radius 2 is 0.985 bits per heavy atom. The van der Waals surface area contributed by atoms with Crippen LogP contribution in [0, 0.1) is 6.57 Å². The van der Waals surface area contributed by atoms with E-state index in [4.69, 9.17) is 25.9 Å². The van der Waals surface area contributed by atoms with Crippen LogP contribution < -0.4 is 0 Å². The monoisotopic (exact) mass is 862 g/mol. The topological polar surface area (TPSA) is 56.2 Å². The Morgan fingerprint density at radius 3 is 1.73 bits per heavy atom. The third kappa shape index (κ3) is 6.96. The SMILES string of the molecule is [C-]#[N+]c1ccc(-c2ccc(-c3nc(-c4ccc5ccccc5c4)nc(-c4ccc(-c5cc(-c6ccc7c(c6)C(C)(C)CCC7(C)C)c6oc7ccccc7c6c5)c5ccccc45)n3)cc2)cc1. The van der Waals surface area contributed by atoms with Gasteiger partial charge in [0.05, 0.1) is 6.57 Å². The second kappa shape index (κ2) is 15.5. The Labute approximate surface area is 390 Å². The molecule has 5 nitrogen and oxygen atoms in total. The average Bonchev–Trinajstić information content (AvgIpc) is 3.75. The molecule has 0 saturated carbocycles. The summed E-state index contributed by atoms with van der Waals surface area (Å²) in [5.41, 5.74) is 14.8. The summed E-state index contributed by atoms with van der Waals surface area (Å²) in [5.74, 6) is 1.80. The van der Waals surface area contributed by atoms with E-state index in [0.29, 0.717) is 23.2 Å². The van der Waals surface area contributed by atoms with Gasteiger partial charge in [-0.3, -0.25) is 0 Å². The van der Waals surface area contributed by atoms with Crippen LogP contribution in [0.1, 0.15) is 51.7 Å². The van der Waals surface area contributed by atoms with E-state index in [1.165, 1.54) is 23.1 Å². The highest BCUT2D eigenvalue weighted by molar-refractivity contribution is 6.13. The molecule has 67 heavy (non-hydrogen) atoms. The van der Waals surface area contributed by atoms with Gasteiger partial charge in [-0.05, 0) is 114 Å². The Bertz CT molecular complexity index is 3810. The molecule has 12 rings (SSSR count). The third-order valence-corrected chi connectivity index (χ3v) is 14.2. The first-order chi connectivity index (χ1) is 32.6. The molecule has 9 aromatic carbocycles. The summed E-state index contributed by atoms with van der Waals surface area (Å²) in [6.45, 7) is 16.9. The van der Waals surface area contributed by atoms with Gasteiger partial charge in [-0.15, -0.1) is 0 Å². The number of nitrogens with zero attached hydrogens (tertiary/aromatic N) is 4. The lowest BCUT2D eigenvalue weighted by atomic mass is 9.63. The van der Waals surface area contributed by atoms with Gasteiger partial charge in [-0.1, -0.05) is 179 Å². The van der Waals surface area contributed by atoms with Crippen molar-refractivity contribution in [2.24, 2.45) is 0 Å². The van der Waals surface area contributed by atoms with Gasteiger partial charge in [0.15, 0.2) is 23.2 Å². The first-order valence-corrected chi connectivity index (χ1v) is 23.1. The number of fused-ring (bicyclic) bond motifs is 6. The van der Waals surface area contributed by atoms with Gasteiger partial charge in [-0.2, -0.15) is 0 Å². The zero-order valence-corrected chi connectivity index (χ0v) is 37.9. The van der Waals surface area contributed by atoms with Crippen molar-refractivity contribution in [2.45, 2.75) is 51.4 Å². The lowest BCUT2D eigenvalue weighted by molar-refractivity contribution is 0.332. The first kappa shape index (κ1) is 40.3. The van der Waals surface area contributed by atoms with Crippen LogP contribution in [-0.4, -0.2) is 15.0 Å². The van der Waals surface area contributed by atoms with E-state index in [1.807, 2.05) is 30.3 Å². The second-order valence-corrected chi connectivity index (χ2v) is 19.3. The van der Waals surface area contributed by atoms with Gasteiger partial charge in [-0.25, -0.2) is 19.8 Å². The third-order valence-electron chi connectivity index (χ3n) is 14.2. The minimum absolute atomic E-state index is 0.0664. The molecular weight excluding hydrogens is 817 g/mol. The highest BCUT2D eigenvalue weighted by Crippen LogP contribution is 2.49. The zero-order chi connectivity index (χ0) is 45.4. The number of benzene rings is 9. The molecule has 2 heterocycles. The molecule has 0 aliphatic heterocycles. The van der Waals surface area contributed by atoms with Crippen LogP contribution in [0.15, 0.2) is 186 Å². The van der Waals surface area contributed by atoms with E-state index in [0.717, 1.165) is 94.4 Å². The number of aromatic nitrogens is 3. The van der Waals surface area contributed by atoms with Crippen LogP contribution in [0.5, 0.6) is 0 Å². The number of furan rings is 1. The Morgan fingerprint density at radius 1 is 0.418 bits per heavy atom. The van der Waals surface area contributed by atoms with Crippen molar-refractivity contribution >= 4 is 49.2 Å². The Hall–Kier alpha value is -8.20. The molecule has 0 saturated heterocycles. The van der Waals surface area contributed by atoms with Crippen molar-refractivity contribution in [2.75, 3.05) is 0 Å². The summed E-state index contributed by atoms with van der Waals surface area (Å²) >= 11 is 0. The molecule has 0 fully saturated rings. The molecule has 1 aliphatic carbocycles. The maximum atomic E-state index is 7.36. The normalized spacial score (nSPS) is 14.1. The molecule has 0 spiro atoms. The fourth-order valence-electron chi connectivity index (χ4n) is 10.3. The van der Waals surface area contributed by atoms with Gasteiger partial charge >= 0.3 is 0 Å². The van der Waals surface area contributed by atoms with Crippen LogP contribution in [-0.2, 0) is 10.8 Å². The number of rotatable bonds is 6. The molecule has 0 N–H and O–H groups in total. The maximum absolute atomic E-state index is 7.36. The van der Waals surface area contributed by atoms with Crippen molar-refractivity contribution in [1.29, 1.82) is 0 Å². The van der Waals surface area contributed by atoms with Gasteiger partial charge in [0.2, 0.25) is 0 Å². The van der Waals surface area contributed by atoms with Crippen molar-refractivity contribution in [1.82, 2.24) is 15.0 Å². The molecule has 0 unspecified atom stereocenters. The fourth-order valence-corrected chi connectivity index (χ4v) is 10.3. The smallest absolute Gasteiger partial charge is 0.187 e. The second-order valence-electron chi connectivity index (χ2n) is 19.3. The Kier molecular flexibility index (Phi) is 9.31. The molecule has 11 aromatic rings. The summed E-state index contributed by atoms with van der Waals surface area (Å²) in [4.78, 5) is 19.2. The summed E-state index contributed by atoms with van der Waals surface area (Å²) in [5, 5.41) is 6.64. The maximum Gasteiger partial charge on any atom is 0.187 e. The summed E-state index contributed by atoms with van der Waals surface area (Å²) < 4.78 is 6.75. The van der Waals surface area contributed by atoms with E-state index in [-0.39, 0.29) is 10.8 Å². The van der Waals surface area contributed by atoms with Gasteiger partial charge < -0.3 is 4.42 Å². The van der Waals surface area contributed by atoms with Crippen LogP contribution >= 0.6 is 0 Å². The fraction of sp³-hybridized carbons (Fsp3) is 0.129. The molecular formula is C62H46N4O. The van der Waals surface area contributed by atoms with E-state index in [1.54, 1.807) is 0 Å². The zero-order valence-electron chi connectivity index (χ0n) is 37.9. The molecule has 2 aromatic heterocycles. The standard InChI is InChI=1S/C62H46N4O/c1-61(2)32-33-62(3,4)55-37-43(26-31-54(55)61)52-35-45(36-53-50-16-10-11-17-56(50)67-57(52)53)47-29-30-51(49-15-9-8-14-48(47)49)60-65-58(41-21-18-39(19-22-41)40-24-27-46(63-5)28-25-40)64-59(66-60)44-23-20-38-12-6-7-13-42(38)34-44/h6-31,34-37H,32-33H2,1-4H3. The molecule has 320 valence electrons. The predicted molar refractivity (Wildman–Crippen MR) is 276 cm³/mol. The predicted octanol–water partition coefficient (Wildman–Crippen LogP) is 17.0. The van der Waals surface area contributed by atoms with Gasteiger partial charge in [0.1, 0.15) is 11.2 Å². The first-order valence-electron chi connectivity index (χ1n) is 23.1.